The van der Waals surface area contributed by atoms with Gasteiger partial charge in [0, 0.05) is 18.0 Å². The Morgan fingerprint density at radius 1 is 1.28 bits per heavy atom. The predicted octanol–water partition coefficient (Wildman–Crippen LogP) is 2.90. The molecule has 1 amide bonds. The van der Waals surface area contributed by atoms with Crippen LogP contribution >= 0.6 is 0 Å². The standard InChI is InChI=1S/C21H19N3O5/c1-10-17-14(9-15(11-2-3-11)22-20(17)29-24-10)19(25)23-18(21(26)27)13-4-5-16-12(8-13)6-7-28-16/h4-5,8-9,11,18H,2-3,6-7H2,1H3,(H,23,25)(H,26,27). The first kappa shape index (κ1) is 17.7. The fourth-order valence-electron chi connectivity index (χ4n) is 3.76. The zero-order valence-corrected chi connectivity index (χ0v) is 15.8. The molecule has 3 heterocycles. The van der Waals surface area contributed by atoms with E-state index < -0.39 is 17.9 Å². The Bertz CT molecular complexity index is 1150. The van der Waals surface area contributed by atoms with Crippen molar-refractivity contribution in [1.29, 1.82) is 0 Å². The highest BCUT2D eigenvalue weighted by Crippen LogP contribution is 2.40. The zero-order chi connectivity index (χ0) is 20.1. The summed E-state index contributed by atoms with van der Waals surface area (Å²) in [6, 6.07) is 5.76. The van der Waals surface area contributed by atoms with Gasteiger partial charge < -0.3 is 19.7 Å². The number of carbonyl (C=O) groups is 2. The Labute approximate surface area is 165 Å². The summed E-state index contributed by atoms with van der Waals surface area (Å²) < 4.78 is 10.8. The Kier molecular flexibility index (Phi) is 4.01. The largest absolute Gasteiger partial charge is 0.493 e. The summed E-state index contributed by atoms with van der Waals surface area (Å²) in [5.41, 5.74) is 3.41. The monoisotopic (exact) mass is 393 g/mol. The van der Waals surface area contributed by atoms with E-state index in [9.17, 15) is 14.7 Å². The van der Waals surface area contributed by atoms with Crippen LogP contribution in [0.2, 0.25) is 0 Å². The molecule has 1 aliphatic heterocycles. The van der Waals surface area contributed by atoms with Gasteiger partial charge in [-0.15, -0.1) is 0 Å². The van der Waals surface area contributed by atoms with Crippen LogP contribution in [-0.2, 0) is 11.2 Å². The number of rotatable bonds is 5. The molecule has 1 aromatic carbocycles. The van der Waals surface area contributed by atoms with Gasteiger partial charge in [-0.25, -0.2) is 9.78 Å². The summed E-state index contributed by atoms with van der Waals surface area (Å²) in [5.74, 6) is -0.556. The molecule has 29 heavy (non-hydrogen) atoms. The number of carboxylic acid groups (broad SMARTS) is 1. The van der Waals surface area contributed by atoms with Gasteiger partial charge in [-0.1, -0.05) is 11.2 Å². The third kappa shape index (κ3) is 3.10. The lowest BCUT2D eigenvalue weighted by atomic mass is 10.0. The third-order valence-electron chi connectivity index (χ3n) is 5.45. The molecular formula is C21H19N3O5. The summed E-state index contributed by atoms with van der Waals surface area (Å²) in [4.78, 5) is 29.5. The number of pyridine rings is 1. The molecule has 1 atom stereocenters. The number of fused-ring (bicyclic) bond motifs is 2. The lowest BCUT2D eigenvalue weighted by Crippen LogP contribution is -2.34. The number of hydrogen-bond acceptors (Lipinski definition) is 6. The molecule has 148 valence electrons. The Morgan fingerprint density at radius 2 is 2.10 bits per heavy atom. The van der Waals surface area contributed by atoms with Gasteiger partial charge in [0.25, 0.3) is 11.6 Å². The summed E-state index contributed by atoms with van der Waals surface area (Å²) >= 11 is 0. The summed E-state index contributed by atoms with van der Waals surface area (Å²) in [6.45, 7) is 2.31. The van der Waals surface area contributed by atoms with Crippen molar-refractivity contribution in [1.82, 2.24) is 15.5 Å². The summed E-state index contributed by atoms with van der Waals surface area (Å²) in [6.07, 6.45) is 2.75. The first-order valence-electron chi connectivity index (χ1n) is 9.57. The number of hydrogen-bond donors (Lipinski definition) is 2. The Balaban J connectivity index is 1.51. The van der Waals surface area contributed by atoms with Crippen LogP contribution in [0.25, 0.3) is 11.1 Å². The molecule has 3 aromatic rings. The van der Waals surface area contributed by atoms with Gasteiger partial charge in [0.1, 0.15) is 5.75 Å². The molecule has 2 aromatic heterocycles. The number of amides is 1. The molecular weight excluding hydrogens is 374 g/mol. The van der Waals surface area contributed by atoms with Crippen LogP contribution in [0.4, 0.5) is 0 Å². The van der Waals surface area contributed by atoms with E-state index in [1.54, 1.807) is 31.2 Å². The molecule has 1 fully saturated rings. The van der Waals surface area contributed by atoms with Crippen molar-refractivity contribution in [3.8, 4) is 5.75 Å². The van der Waals surface area contributed by atoms with E-state index >= 15 is 0 Å². The van der Waals surface area contributed by atoms with Gasteiger partial charge in [-0.3, -0.25) is 4.79 Å². The van der Waals surface area contributed by atoms with Crippen LogP contribution < -0.4 is 10.1 Å². The maximum atomic E-state index is 13.1. The molecule has 0 radical (unpaired) electrons. The molecule has 0 saturated heterocycles. The van der Waals surface area contributed by atoms with Crippen molar-refractivity contribution >= 4 is 23.0 Å². The van der Waals surface area contributed by atoms with Crippen molar-refractivity contribution in [2.45, 2.75) is 38.1 Å². The molecule has 2 N–H and O–H groups in total. The molecule has 1 unspecified atom stereocenters. The van der Waals surface area contributed by atoms with Crippen LogP contribution in [0.5, 0.6) is 5.75 Å². The number of carboxylic acids is 1. The second-order valence-electron chi connectivity index (χ2n) is 7.53. The minimum Gasteiger partial charge on any atom is -0.493 e. The summed E-state index contributed by atoms with van der Waals surface area (Å²) in [7, 11) is 0. The van der Waals surface area contributed by atoms with Gasteiger partial charge >= 0.3 is 5.97 Å². The maximum Gasteiger partial charge on any atom is 0.330 e. The Hall–Kier alpha value is -3.42. The van der Waals surface area contributed by atoms with E-state index in [0.29, 0.717) is 40.4 Å². The van der Waals surface area contributed by atoms with Crippen molar-refractivity contribution in [3.63, 3.8) is 0 Å². The number of ether oxygens (including phenoxy) is 1. The topological polar surface area (TPSA) is 115 Å². The maximum absolute atomic E-state index is 13.1. The van der Waals surface area contributed by atoms with Crippen LogP contribution in [0, 0.1) is 6.92 Å². The number of benzene rings is 1. The third-order valence-corrected chi connectivity index (χ3v) is 5.45. The van der Waals surface area contributed by atoms with Gasteiger partial charge in [-0.2, -0.15) is 0 Å². The number of aliphatic carboxylic acids is 1. The van der Waals surface area contributed by atoms with Crippen molar-refractivity contribution in [2.75, 3.05) is 6.61 Å². The average molecular weight is 393 g/mol. The minimum absolute atomic E-state index is 0.304. The molecule has 2 aliphatic rings. The van der Waals surface area contributed by atoms with Crippen molar-refractivity contribution in [2.24, 2.45) is 0 Å². The van der Waals surface area contributed by atoms with E-state index in [0.717, 1.165) is 36.3 Å². The number of carbonyl (C=O) groups excluding carboxylic acids is 1. The van der Waals surface area contributed by atoms with E-state index in [1.807, 2.05) is 0 Å². The number of aryl methyl sites for hydroxylation is 1. The molecule has 8 nitrogen and oxygen atoms in total. The molecule has 1 aliphatic carbocycles. The fourth-order valence-corrected chi connectivity index (χ4v) is 3.76. The lowest BCUT2D eigenvalue weighted by Gasteiger charge is -2.16. The van der Waals surface area contributed by atoms with E-state index in [4.69, 9.17) is 9.26 Å². The van der Waals surface area contributed by atoms with E-state index in [1.165, 1.54) is 0 Å². The second kappa shape index (κ2) is 6.58. The molecule has 0 bridgehead atoms. The van der Waals surface area contributed by atoms with E-state index in [2.05, 4.69) is 15.5 Å². The summed E-state index contributed by atoms with van der Waals surface area (Å²) in [5, 5.41) is 16.9. The van der Waals surface area contributed by atoms with Gasteiger partial charge in [-0.05, 0) is 49.1 Å². The Morgan fingerprint density at radius 3 is 2.86 bits per heavy atom. The lowest BCUT2D eigenvalue weighted by molar-refractivity contribution is -0.139. The van der Waals surface area contributed by atoms with Crippen LogP contribution in [0.15, 0.2) is 28.8 Å². The highest BCUT2D eigenvalue weighted by molar-refractivity contribution is 6.07. The normalized spacial score (nSPS) is 16.3. The predicted molar refractivity (Wildman–Crippen MR) is 102 cm³/mol. The highest BCUT2D eigenvalue weighted by Gasteiger charge is 2.30. The smallest absolute Gasteiger partial charge is 0.330 e. The second-order valence-corrected chi connectivity index (χ2v) is 7.53. The zero-order valence-electron chi connectivity index (χ0n) is 15.8. The quantitative estimate of drug-likeness (QED) is 0.685. The minimum atomic E-state index is -1.18. The van der Waals surface area contributed by atoms with Crippen molar-refractivity contribution < 1.29 is 24.0 Å². The fraction of sp³-hybridized carbons (Fsp3) is 0.333. The number of nitrogens with one attached hydrogen (secondary N) is 1. The molecule has 8 heteroatoms. The molecule has 5 rings (SSSR count). The SMILES string of the molecule is Cc1noc2nc(C3CC3)cc(C(=O)NC(C(=O)O)c3ccc4c(c3)CCO4)c12. The van der Waals surface area contributed by atoms with E-state index in [-0.39, 0.29) is 0 Å². The molecule has 0 spiro atoms. The van der Waals surface area contributed by atoms with Crippen molar-refractivity contribution in [3.05, 3.63) is 52.3 Å². The number of nitrogens with zero attached hydrogens (tertiary/aromatic N) is 2. The number of aromatic nitrogens is 2. The average Bonchev–Trinajstić information content (AvgIpc) is 3.35. The van der Waals surface area contributed by atoms with Crippen LogP contribution in [0.1, 0.15) is 57.7 Å². The molecule has 1 saturated carbocycles. The van der Waals surface area contributed by atoms with Crippen LogP contribution in [0.3, 0.4) is 0 Å². The van der Waals surface area contributed by atoms with Gasteiger partial charge in [0.2, 0.25) is 0 Å². The first-order chi connectivity index (χ1) is 14.0. The first-order valence-corrected chi connectivity index (χ1v) is 9.57. The van der Waals surface area contributed by atoms with Gasteiger partial charge in [0.05, 0.1) is 23.3 Å². The van der Waals surface area contributed by atoms with Gasteiger partial charge in [0.15, 0.2) is 6.04 Å². The van der Waals surface area contributed by atoms with Crippen LogP contribution in [-0.4, -0.2) is 33.7 Å². The highest BCUT2D eigenvalue weighted by atomic mass is 16.5.